The van der Waals surface area contributed by atoms with Gasteiger partial charge in [0.15, 0.2) is 0 Å². The van der Waals surface area contributed by atoms with Gasteiger partial charge in [0.25, 0.3) is 0 Å². The number of halogens is 1. The molecule has 0 saturated carbocycles. The topological polar surface area (TPSA) is 12.0 Å². The second-order valence-electron chi connectivity index (χ2n) is 4.75. The Balaban J connectivity index is 0. The summed E-state index contributed by atoms with van der Waals surface area (Å²) < 4.78 is 0. The van der Waals surface area contributed by atoms with Crippen LogP contribution in [0.5, 0.6) is 0 Å². The number of hydrogen-bond acceptors (Lipinski definition) is 1. The molecule has 0 aromatic rings. The van der Waals surface area contributed by atoms with Gasteiger partial charge in [-0.15, -0.1) is 0 Å². The minimum atomic E-state index is 0. The smallest absolute Gasteiger partial charge is 1.00 e. The second-order valence-corrected chi connectivity index (χ2v) is 4.75. The summed E-state index contributed by atoms with van der Waals surface area (Å²) in [6, 6.07) is 0. The summed E-state index contributed by atoms with van der Waals surface area (Å²) in [7, 11) is 0. The van der Waals surface area contributed by atoms with Crippen molar-refractivity contribution in [2.75, 3.05) is 0 Å². The summed E-state index contributed by atoms with van der Waals surface area (Å²) in [5, 5.41) is 3.63. The molecule has 1 aliphatic rings. The molecule has 1 heterocycles. The zero-order chi connectivity index (χ0) is 7.83. The van der Waals surface area contributed by atoms with Gasteiger partial charge in [-0.25, -0.2) is 0 Å². The SMILES string of the molecule is CC1(C)CCCC(C)(C)N1.[Br-].[Mg+2]. The molecule has 0 unspecified atom stereocenters. The molecule has 68 valence electrons. The average molecular weight is 245 g/mol. The molecule has 3 heteroatoms. The zero-order valence-electron chi connectivity index (χ0n) is 8.71. The number of piperidine rings is 1. The monoisotopic (exact) mass is 244 g/mol. The van der Waals surface area contributed by atoms with E-state index in [4.69, 9.17) is 0 Å². The Bertz CT molecular complexity index is 120. The summed E-state index contributed by atoms with van der Waals surface area (Å²) in [6.07, 6.45) is 4.00. The standard InChI is InChI=1S/C9H19N.BrH.Mg/c1-8(2)6-5-7-9(3,4)10-8;;/h10H,5-7H2,1-4H3;1H;/q;;+2/p-1. The van der Waals surface area contributed by atoms with Crippen molar-refractivity contribution in [1.29, 1.82) is 0 Å². The third-order valence-corrected chi connectivity index (χ3v) is 2.28. The molecule has 0 aromatic carbocycles. The first-order chi connectivity index (χ1) is 4.41. The Morgan fingerprint density at radius 3 is 1.42 bits per heavy atom. The molecule has 0 aromatic heterocycles. The summed E-state index contributed by atoms with van der Waals surface area (Å²) in [4.78, 5) is 0. The summed E-state index contributed by atoms with van der Waals surface area (Å²) in [5.74, 6) is 0. The molecule has 1 aliphatic heterocycles. The van der Waals surface area contributed by atoms with Crippen LogP contribution in [-0.2, 0) is 0 Å². The van der Waals surface area contributed by atoms with E-state index < -0.39 is 0 Å². The first-order valence-corrected chi connectivity index (χ1v) is 4.21. The van der Waals surface area contributed by atoms with Crippen molar-refractivity contribution in [2.45, 2.75) is 58.0 Å². The van der Waals surface area contributed by atoms with Crippen LogP contribution in [0.2, 0.25) is 0 Å². The van der Waals surface area contributed by atoms with E-state index in [1.165, 1.54) is 19.3 Å². The average Bonchev–Trinajstić information content (AvgIpc) is 1.56. The third-order valence-electron chi connectivity index (χ3n) is 2.28. The Labute approximate surface area is 103 Å². The van der Waals surface area contributed by atoms with Crippen LogP contribution in [0.3, 0.4) is 0 Å². The Morgan fingerprint density at radius 1 is 0.917 bits per heavy atom. The molecule has 12 heavy (non-hydrogen) atoms. The molecule has 1 fully saturated rings. The van der Waals surface area contributed by atoms with Crippen molar-refractivity contribution < 1.29 is 17.0 Å². The molecule has 0 aliphatic carbocycles. The van der Waals surface area contributed by atoms with Gasteiger partial charge >= 0.3 is 23.1 Å². The van der Waals surface area contributed by atoms with Gasteiger partial charge in [-0.05, 0) is 47.0 Å². The quantitative estimate of drug-likeness (QED) is 0.537. The largest absolute Gasteiger partial charge is 2.00 e. The Hall–Kier alpha value is 1.21. The first kappa shape index (κ1) is 15.7. The number of nitrogens with one attached hydrogen (secondary N) is 1. The van der Waals surface area contributed by atoms with Crippen LogP contribution in [0.4, 0.5) is 0 Å². The van der Waals surface area contributed by atoms with Gasteiger partial charge in [0.1, 0.15) is 0 Å². The molecule has 1 N–H and O–H groups in total. The maximum Gasteiger partial charge on any atom is 2.00 e. The van der Waals surface area contributed by atoms with Crippen molar-refractivity contribution >= 4 is 23.1 Å². The second kappa shape index (κ2) is 5.18. The van der Waals surface area contributed by atoms with E-state index in [1.807, 2.05) is 0 Å². The number of rotatable bonds is 0. The van der Waals surface area contributed by atoms with E-state index in [0.29, 0.717) is 11.1 Å². The first-order valence-electron chi connectivity index (χ1n) is 4.21. The van der Waals surface area contributed by atoms with Gasteiger partial charge in [-0.3, -0.25) is 0 Å². The van der Waals surface area contributed by atoms with E-state index in [-0.39, 0.29) is 40.0 Å². The fourth-order valence-corrected chi connectivity index (χ4v) is 2.01. The van der Waals surface area contributed by atoms with Gasteiger partial charge in [0.05, 0.1) is 0 Å². The predicted octanol–water partition coefficient (Wildman–Crippen LogP) is -1.06. The van der Waals surface area contributed by atoms with E-state index in [9.17, 15) is 0 Å². The van der Waals surface area contributed by atoms with Crippen molar-refractivity contribution in [3.63, 3.8) is 0 Å². The van der Waals surface area contributed by atoms with Gasteiger partial charge in [-0.2, -0.15) is 0 Å². The molecule has 0 radical (unpaired) electrons. The number of hydrogen-bond donors (Lipinski definition) is 1. The van der Waals surface area contributed by atoms with Gasteiger partial charge < -0.3 is 22.3 Å². The molecule has 1 rings (SSSR count). The van der Waals surface area contributed by atoms with Crippen LogP contribution in [-0.4, -0.2) is 34.1 Å². The molecule has 0 atom stereocenters. The van der Waals surface area contributed by atoms with E-state index >= 15 is 0 Å². The fourth-order valence-electron chi connectivity index (χ4n) is 2.01. The Kier molecular flexibility index (Phi) is 6.76. The maximum atomic E-state index is 3.63. The van der Waals surface area contributed by atoms with E-state index in [1.54, 1.807) is 0 Å². The van der Waals surface area contributed by atoms with Crippen molar-refractivity contribution in [2.24, 2.45) is 0 Å². The van der Waals surface area contributed by atoms with Crippen LogP contribution in [0, 0.1) is 0 Å². The molecular formula is C9H19BrMgN+. The van der Waals surface area contributed by atoms with Crippen LogP contribution in [0.1, 0.15) is 47.0 Å². The van der Waals surface area contributed by atoms with Gasteiger partial charge in [-0.1, -0.05) is 0 Å². The van der Waals surface area contributed by atoms with Crippen molar-refractivity contribution in [1.82, 2.24) is 5.32 Å². The predicted molar refractivity (Wildman–Crippen MR) is 50.9 cm³/mol. The van der Waals surface area contributed by atoms with Gasteiger partial charge in [0, 0.05) is 11.1 Å². The fraction of sp³-hybridized carbons (Fsp3) is 1.00. The molecule has 0 amide bonds. The molecule has 1 saturated heterocycles. The maximum absolute atomic E-state index is 3.63. The minimum absolute atomic E-state index is 0. The summed E-state index contributed by atoms with van der Waals surface area (Å²) in [6.45, 7) is 9.14. The molecule has 0 spiro atoms. The normalized spacial score (nSPS) is 25.0. The van der Waals surface area contributed by atoms with Crippen molar-refractivity contribution in [3.05, 3.63) is 0 Å². The molecular weight excluding hydrogens is 226 g/mol. The van der Waals surface area contributed by atoms with Crippen LogP contribution >= 0.6 is 0 Å². The van der Waals surface area contributed by atoms with Crippen LogP contribution in [0.15, 0.2) is 0 Å². The van der Waals surface area contributed by atoms with Gasteiger partial charge in [0.2, 0.25) is 0 Å². The molecule has 0 bridgehead atoms. The summed E-state index contributed by atoms with van der Waals surface area (Å²) >= 11 is 0. The van der Waals surface area contributed by atoms with Crippen LogP contribution in [0.25, 0.3) is 0 Å². The minimum Gasteiger partial charge on any atom is -1.00 e. The zero-order valence-corrected chi connectivity index (χ0v) is 11.7. The third kappa shape index (κ3) is 5.05. The van der Waals surface area contributed by atoms with E-state index in [2.05, 4.69) is 33.0 Å². The van der Waals surface area contributed by atoms with Crippen LogP contribution < -0.4 is 22.3 Å². The van der Waals surface area contributed by atoms with E-state index in [0.717, 1.165) is 0 Å². The van der Waals surface area contributed by atoms with Crippen molar-refractivity contribution in [3.8, 4) is 0 Å². The summed E-state index contributed by atoms with van der Waals surface area (Å²) in [5.41, 5.74) is 0.726. The Morgan fingerprint density at radius 2 is 1.25 bits per heavy atom. The molecule has 1 nitrogen and oxygen atoms in total.